The Labute approximate surface area is 184 Å². The number of nitrogens with one attached hydrogen (secondary N) is 2. The first-order valence-electron chi connectivity index (χ1n) is 9.27. The topological polar surface area (TPSA) is 73.8 Å². The molecule has 0 aromatic rings. The third-order valence-corrected chi connectivity index (χ3v) is 8.48. The van der Waals surface area contributed by atoms with Gasteiger partial charge < -0.3 is 10.6 Å². The molecule has 0 aromatic carbocycles. The van der Waals surface area contributed by atoms with Crippen molar-refractivity contribution in [2.45, 2.75) is 44.4 Å². The van der Waals surface area contributed by atoms with Crippen LogP contribution in [0.1, 0.15) is 33.1 Å². The lowest BCUT2D eigenvalue weighted by Crippen LogP contribution is -2.43. The van der Waals surface area contributed by atoms with Gasteiger partial charge in [-0.1, -0.05) is 6.92 Å². The number of sulfonamides is 1. The second-order valence-electron chi connectivity index (χ2n) is 6.32. The fourth-order valence-electron chi connectivity index (χ4n) is 3.20. The van der Waals surface area contributed by atoms with Crippen molar-refractivity contribution in [3.05, 3.63) is 0 Å². The van der Waals surface area contributed by atoms with Crippen molar-refractivity contribution in [1.82, 2.24) is 14.9 Å². The average Bonchev–Trinajstić information content (AvgIpc) is 3.03. The highest BCUT2D eigenvalue weighted by molar-refractivity contribution is 14.0. The van der Waals surface area contributed by atoms with Crippen LogP contribution in [0.25, 0.3) is 0 Å². The maximum atomic E-state index is 12.4. The molecule has 6 nitrogen and oxygen atoms in total. The van der Waals surface area contributed by atoms with Crippen LogP contribution in [0.4, 0.5) is 0 Å². The number of hydrogen-bond donors (Lipinski definition) is 2. The molecule has 0 spiro atoms. The minimum absolute atomic E-state index is 0. The summed E-state index contributed by atoms with van der Waals surface area (Å²) in [6.07, 6.45) is 3.56. The van der Waals surface area contributed by atoms with Gasteiger partial charge in [0.2, 0.25) is 10.0 Å². The first-order valence-corrected chi connectivity index (χ1v) is 13.1. The number of thioether (sulfide) groups is 2. The molecule has 1 heterocycles. The maximum absolute atomic E-state index is 12.4. The molecular formula is C16H33IN4O2S3. The highest BCUT2D eigenvalue weighted by Crippen LogP contribution is 2.29. The minimum Gasteiger partial charge on any atom is -0.357 e. The Balaban J connectivity index is 0.00000338. The summed E-state index contributed by atoms with van der Waals surface area (Å²) in [5.41, 5.74) is 0. The molecule has 2 aliphatic rings. The largest absolute Gasteiger partial charge is 0.357 e. The molecule has 0 radical (unpaired) electrons. The molecule has 0 amide bonds. The van der Waals surface area contributed by atoms with Gasteiger partial charge in [-0.05, 0) is 31.9 Å². The zero-order valence-corrected chi connectivity index (χ0v) is 20.6. The molecule has 26 heavy (non-hydrogen) atoms. The van der Waals surface area contributed by atoms with Crippen LogP contribution in [0.15, 0.2) is 4.99 Å². The highest BCUT2D eigenvalue weighted by Gasteiger charge is 2.26. The van der Waals surface area contributed by atoms with Crippen LogP contribution in [-0.4, -0.2) is 79.2 Å². The van der Waals surface area contributed by atoms with Gasteiger partial charge >= 0.3 is 0 Å². The molecule has 2 atom stereocenters. The number of guanidine groups is 1. The van der Waals surface area contributed by atoms with Crippen LogP contribution in [0, 0.1) is 0 Å². The van der Waals surface area contributed by atoms with Crippen molar-refractivity contribution < 1.29 is 8.42 Å². The minimum atomic E-state index is -3.18. The summed E-state index contributed by atoms with van der Waals surface area (Å²) in [5, 5.41) is 7.47. The van der Waals surface area contributed by atoms with Crippen LogP contribution in [0.2, 0.25) is 0 Å². The molecule has 2 fully saturated rings. The summed E-state index contributed by atoms with van der Waals surface area (Å²) < 4.78 is 26.4. The Morgan fingerprint density at radius 1 is 1.27 bits per heavy atom. The van der Waals surface area contributed by atoms with Crippen LogP contribution in [0.5, 0.6) is 0 Å². The molecule has 2 unspecified atom stereocenters. The van der Waals surface area contributed by atoms with E-state index in [0.29, 0.717) is 25.7 Å². The van der Waals surface area contributed by atoms with E-state index in [2.05, 4.69) is 22.5 Å². The van der Waals surface area contributed by atoms with E-state index in [-0.39, 0.29) is 29.7 Å². The highest BCUT2D eigenvalue weighted by atomic mass is 127. The molecule has 1 saturated carbocycles. The van der Waals surface area contributed by atoms with Crippen LogP contribution in [0.3, 0.4) is 0 Å². The number of hydrogen-bond acceptors (Lipinski definition) is 5. The summed E-state index contributed by atoms with van der Waals surface area (Å²) >= 11 is 3.85. The van der Waals surface area contributed by atoms with E-state index in [0.717, 1.165) is 42.1 Å². The van der Waals surface area contributed by atoms with Crippen molar-refractivity contribution in [2.24, 2.45) is 4.99 Å². The van der Waals surface area contributed by atoms with Crippen molar-refractivity contribution >= 4 is 63.5 Å². The lowest BCUT2D eigenvalue weighted by Gasteiger charge is -2.25. The Hall–Kier alpha value is 0.610. The molecule has 1 aliphatic carbocycles. The molecule has 0 bridgehead atoms. The van der Waals surface area contributed by atoms with Crippen molar-refractivity contribution in [2.75, 3.05) is 49.2 Å². The molecule has 1 saturated heterocycles. The third-order valence-electron chi connectivity index (χ3n) is 4.45. The van der Waals surface area contributed by atoms with E-state index in [9.17, 15) is 8.42 Å². The Morgan fingerprint density at radius 2 is 2.00 bits per heavy atom. The third kappa shape index (κ3) is 8.32. The van der Waals surface area contributed by atoms with E-state index in [4.69, 9.17) is 0 Å². The summed E-state index contributed by atoms with van der Waals surface area (Å²) in [4.78, 5) is 4.50. The zero-order chi connectivity index (χ0) is 18.1. The number of nitrogens with zero attached hydrogens (tertiary/aromatic N) is 2. The van der Waals surface area contributed by atoms with Gasteiger partial charge in [-0.2, -0.15) is 23.5 Å². The zero-order valence-electron chi connectivity index (χ0n) is 15.8. The quantitative estimate of drug-likeness (QED) is 0.282. The van der Waals surface area contributed by atoms with Gasteiger partial charge in [0.25, 0.3) is 0 Å². The molecule has 2 N–H and O–H groups in total. The molecular weight excluding hydrogens is 503 g/mol. The van der Waals surface area contributed by atoms with Crippen LogP contribution in [-0.2, 0) is 10.0 Å². The average molecular weight is 537 g/mol. The fraction of sp³-hybridized carbons (Fsp3) is 0.938. The fourth-order valence-corrected chi connectivity index (χ4v) is 6.79. The molecule has 10 heteroatoms. The van der Waals surface area contributed by atoms with Crippen molar-refractivity contribution in [1.29, 1.82) is 0 Å². The predicted molar refractivity (Wildman–Crippen MR) is 127 cm³/mol. The van der Waals surface area contributed by atoms with Crippen molar-refractivity contribution in [3.63, 3.8) is 0 Å². The monoisotopic (exact) mass is 536 g/mol. The van der Waals surface area contributed by atoms with Gasteiger partial charge in [-0.25, -0.2) is 12.7 Å². The lowest BCUT2D eigenvalue weighted by molar-refractivity contribution is 0.444. The van der Waals surface area contributed by atoms with Gasteiger partial charge in [-0.3, -0.25) is 4.99 Å². The standard InChI is InChI=1S/C16H32N4O2S3.HI/c1-3-17-16(19-14-5-6-15(13-14)24-4-2)18-7-12-25(21,22)20-8-10-23-11-9-20;/h14-15H,3-13H2,1-2H3,(H2,17,18,19);1H. The summed E-state index contributed by atoms with van der Waals surface area (Å²) in [6.45, 7) is 6.59. The second kappa shape index (κ2) is 12.9. The Kier molecular flexibility index (Phi) is 12.3. The molecule has 1 aliphatic heterocycles. The van der Waals surface area contributed by atoms with Gasteiger partial charge in [0, 0.05) is 42.4 Å². The maximum Gasteiger partial charge on any atom is 0.215 e. The van der Waals surface area contributed by atoms with Gasteiger partial charge in [-0.15, -0.1) is 24.0 Å². The van der Waals surface area contributed by atoms with Gasteiger partial charge in [0.05, 0.1) is 12.3 Å². The van der Waals surface area contributed by atoms with Gasteiger partial charge in [0.15, 0.2) is 5.96 Å². The molecule has 2 rings (SSSR count). The lowest BCUT2D eigenvalue weighted by atomic mass is 10.2. The van der Waals surface area contributed by atoms with Crippen molar-refractivity contribution in [3.8, 4) is 0 Å². The van der Waals surface area contributed by atoms with Crippen LogP contribution < -0.4 is 10.6 Å². The van der Waals surface area contributed by atoms with Gasteiger partial charge in [0.1, 0.15) is 0 Å². The summed E-state index contributed by atoms with van der Waals surface area (Å²) in [6, 6.07) is 0.442. The van der Waals surface area contributed by atoms with E-state index in [1.807, 2.05) is 30.4 Å². The summed E-state index contributed by atoms with van der Waals surface area (Å²) in [7, 11) is -3.18. The second-order valence-corrected chi connectivity index (χ2v) is 11.2. The number of aliphatic imine (C=N–C) groups is 1. The predicted octanol–water partition coefficient (Wildman–Crippen LogP) is 2.21. The molecule has 154 valence electrons. The first-order chi connectivity index (χ1) is 12.0. The Morgan fingerprint density at radius 3 is 2.65 bits per heavy atom. The van der Waals surface area contributed by atoms with E-state index in [1.165, 1.54) is 12.2 Å². The number of halogens is 1. The van der Waals surface area contributed by atoms with Crippen LogP contribution >= 0.6 is 47.5 Å². The number of rotatable bonds is 8. The van der Waals surface area contributed by atoms with E-state index in [1.54, 1.807) is 4.31 Å². The SMILES string of the molecule is CCNC(=NCCS(=O)(=O)N1CCSCC1)NC1CCC(SCC)C1.I. The summed E-state index contributed by atoms with van der Waals surface area (Å²) in [5.74, 6) is 3.79. The normalized spacial score (nSPS) is 24.9. The van der Waals surface area contributed by atoms with E-state index < -0.39 is 10.0 Å². The smallest absolute Gasteiger partial charge is 0.215 e. The molecule has 0 aromatic heterocycles. The Bertz CT molecular complexity index is 528. The van der Waals surface area contributed by atoms with E-state index >= 15 is 0 Å². The first kappa shape index (κ1) is 24.6.